The molecular formula is C12H17N3O2S. The maximum atomic E-state index is 11.5. The number of aromatic nitrogens is 3. The number of thioether (sulfide) groups is 1. The summed E-state index contributed by atoms with van der Waals surface area (Å²) in [4.78, 5) is 11.5. The monoisotopic (exact) mass is 267 g/mol. The number of H-pyrrole nitrogens is 1. The van der Waals surface area contributed by atoms with Crippen LogP contribution in [-0.2, 0) is 11.3 Å². The number of nitrogens with zero attached hydrogens (tertiary/aromatic N) is 2. The van der Waals surface area contributed by atoms with Crippen LogP contribution >= 0.6 is 11.8 Å². The molecule has 1 aromatic heterocycles. The van der Waals surface area contributed by atoms with Gasteiger partial charge in [0.1, 0.15) is 0 Å². The van der Waals surface area contributed by atoms with E-state index < -0.39 is 0 Å². The van der Waals surface area contributed by atoms with Gasteiger partial charge in [-0.05, 0) is 19.8 Å². The third-order valence-corrected chi connectivity index (χ3v) is 5.09. The molecule has 1 aromatic rings. The van der Waals surface area contributed by atoms with Gasteiger partial charge in [-0.25, -0.2) is 9.89 Å². The maximum Gasteiger partial charge on any atom is 0.344 e. The molecule has 0 unspecified atom stereocenters. The number of nitrogens with one attached hydrogen (secondary N) is 1. The van der Waals surface area contributed by atoms with E-state index in [4.69, 9.17) is 4.74 Å². The van der Waals surface area contributed by atoms with Crippen LogP contribution in [0.1, 0.15) is 19.8 Å². The van der Waals surface area contributed by atoms with E-state index in [1.165, 1.54) is 0 Å². The first-order valence-electron chi connectivity index (χ1n) is 6.09. The van der Waals surface area contributed by atoms with Crippen molar-refractivity contribution >= 4 is 11.8 Å². The molecule has 5 nitrogen and oxygen atoms in total. The van der Waals surface area contributed by atoms with Crippen LogP contribution < -0.4 is 5.69 Å². The first-order valence-corrected chi connectivity index (χ1v) is 7.07. The van der Waals surface area contributed by atoms with Crippen LogP contribution in [0.4, 0.5) is 0 Å². The Balaban J connectivity index is 1.67. The number of fused-ring (bicyclic) bond motifs is 1. The lowest BCUT2D eigenvalue weighted by Crippen LogP contribution is -2.43. The molecule has 0 aromatic carbocycles. The van der Waals surface area contributed by atoms with E-state index in [0.29, 0.717) is 12.0 Å². The number of hydrogen-bond acceptors (Lipinski definition) is 4. The van der Waals surface area contributed by atoms with Gasteiger partial charge >= 0.3 is 5.69 Å². The number of aromatic amines is 1. The van der Waals surface area contributed by atoms with Crippen LogP contribution in [0.15, 0.2) is 22.6 Å². The van der Waals surface area contributed by atoms with Gasteiger partial charge in [0.2, 0.25) is 0 Å². The molecule has 1 aliphatic carbocycles. The molecule has 0 amide bonds. The summed E-state index contributed by atoms with van der Waals surface area (Å²) < 4.78 is 7.38. The summed E-state index contributed by atoms with van der Waals surface area (Å²) in [6, 6.07) is 0. The second-order valence-electron chi connectivity index (χ2n) is 5.59. The van der Waals surface area contributed by atoms with Crippen LogP contribution in [0.2, 0.25) is 0 Å². The molecule has 2 saturated heterocycles. The zero-order valence-electron chi connectivity index (χ0n) is 10.4. The van der Waals surface area contributed by atoms with Crippen molar-refractivity contribution in [1.29, 1.82) is 0 Å². The van der Waals surface area contributed by atoms with Crippen LogP contribution in [0.5, 0.6) is 0 Å². The summed E-state index contributed by atoms with van der Waals surface area (Å²) in [5.74, 6) is 0.962. The third-order valence-electron chi connectivity index (χ3n) is 3.77. The van der Waals surface area contributed by atoms with Gasteiger partial charge in [0.25, 0.3) is 0 Å². The van der Waals surface area contributed by atoms with Crippen molar-refractivity contribution in [3.8, 4) is 0 Å². The van der Waals surface area contributed by atoms with Crippen LogP contribution in [0, 0.1) is 5.41 Å². The Morgan fingerprint density at radius 2 is 2.44 bits per heavy atom. The number of allylic oxidation sites excluding steroid dienone is 1. The van der Waals surface area contributed by atoms with E-state index in [1.807, 2.05) is 0 Å². The minimum absolute atomic E-state index is 0.118. The van der Waals surface area contributed by atoms with Crippen molar-refractivity contribution in [2.75, 3.05) is 12.4 Å². The fourth-order valence-electron chi connectivity index (χ4n) is 3.13. The van der Waals surface area contributed by atoms with E-state index in [1.54, 1.807) is 22.4 Å². The molecule has 0 spiro atoms. The first-order chi connectivity index (χ1) is 8.56. The number of ether oxygens (including phenoxy) is 1. The largest absolute Gasteiger partial charge is 0.375 e. The van der Waals surface area contributed by atoms with E-state index in [2.05, 4.69) is 23.7 Å². The fourth-order valence-corrected chi connectivity index (χ4v) is 4.28. The summed E-state index contributed by atoms with van der Waals surface area (Å²) >= 11 is 1.63. The maximum absolute atomic E-state index is 11.5. The van der Waals surface area contributed by atoms with Gasteiger partial charge in [-0.2, -0.15) is 0 Å². The molecule has 3 heterocycles. The molecule has 2 aliphatic heterocycles. The Labute approximate surface area is 110 Å². The highest BCUT2D eigenvalue weighted by Gasteiger charge is 2.59. The highest BCUT2D eigenvalue weighted by atomic mass is 32.2. The minimum Gasteiger partial charge on any atom is -0.375 e. The Bertz CT molecular complexity index is 528. The van der Waals surface area contributed by atoms with Gasteiger partial charge in [0, 0.05) is 17.7 Å². The lowest BCUT2D eigenvalue weighted by Gasteiger charge is -2.42. The molecule has 6 heteroatoms. The molecule has 2 bridgehead atoms. The van der Waals surface area contributed by atoms with Crippen molar-refractivity contribution in [3.05, 3.63) is 23.1 Å². The van der Waals surface area contributed by atoms with E-state index in [0.717, 1.165) is 30.4 Å². The van der Waals surface area contributed by atoms with Crippen LogP contribution in [-0.4, -0.2) is 32.7 Å². The summed E-state index contributed by atoms with van der Waals surface area (Å²) in [5, 5.41) is 7.29. The van der Waals surface area contributed by atoms with Crippen LogP contribution in [0.3, 0.4) is 0 Å². The Hall–Kier alpha value is -1.01. The second kappa shape index (κ2) is 3.99. The lowest BCUT2D eigenvalue weighted by atomic mass is 9.64. The quantitative estimate of drug-likeness (QED) is 0.647. The van der Waals surface area contributed by atoms with Gasteiger partial charge in [0.15, 0.2) is 5.16 Å². The van der Waals surface area contributed by atoms with Gasteiger partial charge in [-0.1, -0.05) is 17.8 Å². The lowest BCUT2D eigenvalue weighted by molar-refractivity contribution is 0.00796. The molecule has 18 heavy (non-hydrogen) atoms. The standard InChI is InChI=1S/C12H17N3O2S/c1-3-4-15-9(16)13-14-10(15)18-8-12-5-11(2,6-12)17-7-12/h3H,1,4-8H2,2H3,(H,13,16). The Morgan fingerprint density at radius 3 is 3.06 bits per heavy atom. The number of hydrogen-bond donors (Lipinski definition) is 1. The van der Waals surface area contributed by atoms with E-state index in [-0.39, 0.29) is 11.3 Å². The van der Waals surface area contributed by atoms with Crippen LogP contribution in [0.25, 0.3) is 0 Å². The SMILES string of the molecule is C=CCn1c(SCC23COC(C)(C2)C3)n[nH]c1=O. The van der Waals surface area contributed by atoms with E-state index >= 15 is 0 Å². The van der Waals surface area contributed by atoms with Crippen molar-refractivity contribution in [3.63, 3.8) is 0 Å². The second-order valence-corrected chi connectivity index (χ2v) is 6.53. The van der Waals surface area contributed by atoms with Gasteiger partial charge in [0.05, 0.1) is 12.2 Å². The third kappa shape index (κ3) is 1.83. The average Bonchev–Trinajstić information content (AvgIpc) is 2.90. The summed E-state index contributed by atoms with van der Waals surface area (Å²) in [5.41, 5.74) is 0.247. The van der Waals surface area contributed by atoms with Crippen molar-refractivity contribution < 1.29 is 4.74 Å². The van der Waals surface area contributed by atoms with Gasteiger partial charge in [-0.3, -0.25) is 4.57 Å². The molecule has 1 saturated carbocycles. The smallest absolute Gasteiger partial charge is 0.344 e. The van der Waals surface area contributed by atoms with E-state index in [9.17, 15) is 4.79 Å². The molecule has 1 N–H and O–H groups in total. The molecule has 3 fully saturated rings. The van der Waals surface area contributed by atoms with Crippen molar-refractivity contribution in [2.45, 2.75) is 37.1 Å². The Morgan fingerprint density at radius 1 is 1.67 bits per heavy atom. The molecule has 0 atom stereocenters. The summed E-state index contributed by atoms with van der Waals surface area (Å²) in [6.07, 6.45) is 3.96. The molecule has 4 rings (SSSR count). The molecular weight excluding hydrogens is 250 g/mol. The predicted molar refractivity (Wildman–Crippen MR) is 69.8 cm³/mol. The summed E-state index contributed by atoms with van der Waals surface area (Å²) in [7, 11) is 0. The molecule has 0 radical (unpaired) electrons. The Kier molecular flexibility index (Phi) is 2.67. The highest BCUT2D eigenvalue weighted by Crippen LogP contribution is 2.59. The predicted octanol–water partition coefficient (Wildman–Crippen LogP) is 1.42. The topological polar surface area (TPSA) is 59.9 Å². The highest BCUT2D eigenvalue weighted by molar-refractivity contribution is 7.99. The minimum atomic E-state index is -0.170. The number of rotatable bonds is 5. The zero-order chi connectivity index (χ0) is 12.8. The first kappa shape index (κ1) is 12.0. The normalized spacial score (nSPS) is 33.4. The summed E-state index contributed by atoms with van der Waals surface area (Å²) in [6.45, 7) is 7.17. The molecule has 3 aliphatic rings. The molecule has 98 valence electrons. The van der Waals surface area contributed by atoms with Crippen molar-refractivity contribution in [1.82, 2.24) is 14.8 Å². The fraction of sp³-hybridized carbons (Fsp3) is 0.667. The zero-order valence-corrected chi connectivity index (χ0v) is 11.3. The van der Waals surface area contributed by atoms with Gasteiger partial charge < -0.3 is 4.74 Å². The average molecular weight is 267 g/mol. The van der Waals surface area contributed by atoms with Gasteiger partial charge in [-0.15, -0.1) is 11.7 Å². The van der Waals surface area contributed by atoms with Crippen molar-refractivity contribution in [2.24, 2.45) is 5.41 Å².